The topological polar surface area (TPSA) is 128 Å². The van der Waals surface area contributed by atoms with Gasteiger partial charge in [-0.05, 0) is 12.8 Å². The van der Waals surface area contributed by atoms with Gasteiger partial charge in [-0.3, -0.25) is 9.79 Å². The van der Waals surface area contributed by atoms with Gasteiger partial charge in [-0.15, -0.1) is 0 Å². The van der Waals surface area contributed by atoms with Crippen LogP contribution in [0.2, 0.25) is 0 Å². The third kappa shape index (κ3) is 4.44. The highest BCUT2D eigenvalue weighted by atomic mass is 16.4. The fourth-order valence-electron chi connectivity index (χ4n) is 0.796. The van der Waals surface area contributed by atoms with Crippen molar-refractivity contribution < 1.29 is 9.90 Å². The summed E-state index contributed by atoms with van der Waals surface area (Å²) in [6, 6.07) is -1.29. The Bertz CT molecular complexity index is 205. The molecule has 13 heavy (non-hydrogen) atoms. The van der Waals surface area contributed by atoms with E-state index in [1.54, 1.807) is 0 Å². The lowest BCUT2D eigenvalue weighted by Crippen LogP contribution is -2.39. The molecule has 7 N–H and O–H groups in total. The number of nitrogens with two attached hydrogens (primary N) is 3. The number of nitrogens with zero attached hydrogens (tertiary/aromatic N) is 1. The van der Waals surface area contributed by atoms with E-state index in [4.69, 9.17) is 22.3 Å². The molecule has 76 valence electrons. The predicted molar refractivity (Wildman–Crippen MR) is 50.4 cm³/mol. The van der Waals surface area contributed by atoms with Crippen LogP contribution in [0.25, 0.3) is 0 Å². The van der Waals surface area contributed by atoms with Gasteiger partial charge in [0.25, 0.3) is 0 Å². The summed E-state index contributed by atoms with van der Waals surface area (Å²) in [4.78, 5) is 14.0. The predicted octanol–water partition coefficient (Wildman–Crippen LogP) is -1.51. The standard InChI is InChI=1S/C7H16N4O2/c1-11-6(10)4(8)2-3-5(9)7(12)13/h4-5H,2-3,8-9H2,1H3,(H2,10,11)(H,12,13)/t4?,5-/m0/s1. The molecule has 0 saturated heterocycles. The average molecular weight is 188 g/mol. The van der Waals surface area contributed by atoms with Gasteiger partial charge in [0.1, 0.15) is 11.9 Å². The van der Waals surface area contributed by atoms with E-state index in [-0.39, 0.29) is 0 Å². The first-order valence-corrected chi connectivity index (χ1v) is 3.95. The van der Waals surface area contributed by atoms with Gasteiger partial charge in [-0.25, -0.2) is 0 Å². The van der Waals surface area contributed by atoms with Gasteiger partial charge in [0.2, 0.25) is 0 Å². The zero-order valence-corrected chi connectivity index (χ0v) is 7.60. The molecule has 0 rings (SSSR count). The van der Waals surface area contributed by atoms with Crippen molar-refractivity contribution in [2.45, 2.75) is 24.9 Å². The van der Waals surface area contributed by atoms with Crippen LogP contribution in [0.15, 0.2) is 4.99 Å². The van der Waals surface area contributed by atoms with Gasteiger partial charge in [-0.1, -0.05) is 0 Å². The van der Waals surface area contributed by atoms with Crippen molar-refractivity contribution in [1.82, 2.24) is 0 Å². The molecule has 0 bridgehead atoms. The molecule has 6 nitrogen and oxygen atoms in total. The van der Waals surface area contributed by atoms with E-state index < -0.39 is 18.1 Å². The van der Waals surface area contributed by atoms with Crippen LogP contribution in [0.4, 0.5) is 0 Å². The van der Waals surface area contributed by atoms with Crippen molar-refractivity contribution in [2.24, 2.45) is 22.2 Å². The first-order valence-electron chi connectivity index (χ1n) is 3.95. The zero-order valence-electron chi connectivity index (χ0n) is 7.60. The molecule has 0 aromatic heterocycles. The number of aliphatic imine (C=N–C) groups is 1. The second-order valence-electron chi connectivity index (χ2n) is 2.78. The Morgan fingerprint density at radius 1 is 1.38 bits per heavy atom. The van der Waals surface area contributed by atoms with Crippen LogP contribution in [0.5, 0.6) is 0 Å². The maximum Gasteiger partial charge on any atom is 0.320 e. The summed E-state index contributed by atoms with van der Waals surface area (Å²) in [5, 5.41) is 8.46. The van der Waals surface area contributed by atoms with Gasteiger partial charge in [0.05, 0.1) is 6.04 Å². The molecule has 0 aromatic carbocycles. The number of aliphatic carboxylic acids is 1. The number of rotatable bonds is 5. The van der Waals surface area contributed by atoms with E-state index >= 15 is 0 Å². The maximum absolute atomic E-state index is 10.3. The highest BCUT2D eigenvalue weighted by Gasteiger charge is 2.14. The molecule has 0 saturated carbocycles. The van der Waals surface area contributed by atoms with Crippen molar-refractivity contribution in [3.05, 3.63) is 0 Å². The van der Waals surface area contributed by atoms with Crippen molar-refractivity contribution in [2.75, 3.05) is 7.05 Å². The summed E-state index contributed by atoms with van der Waals surface area (Å²) >= 11 is 0. The van der Waals surface area contributed by atoms with Crippen LogP contribution in [0, 0.1) is 0 Å². The van der Waals surface area contributed by atoms with Crippen molar-refractivity contribution in [1.29, 1.82) is 0 Å². The minimum absolute atomic E-state index is 0.298. The number of carboxylic acid groups (broad SMARTS) is 1. The number of carboxylic acids is 1. The van der Waals surface area contributed by atoms with E-state index in [0.29, 0.717) is 18.7 Å². The molecule has 0 fully saturated rings. The molecule has 0 aliphatic heterocycles. The third-order valence-electron chi connectivity index (χ3n) is 1.74. The summed E-state index contributed by atoms with van der Waals surface area (Å²) in [6.45, 7) is 0. The molecule has 0 spiro atoms. The summed E-state index contributed by atoms with van der Waals surface area (Å²) in [5.74, 6) is -0.711. The summed E-state index contributed by atoms with van der Waals surface area (Å²) in [7, 11) is 1.53. The Morgan fingerprint density at radius 2 is 1.85 bits per heavy atom. The molecular formula is C7H16N4O2. The Balaban J connectivity index is 3.83. The lowest BCUT2D eigenvalue weighted by atomic mass is 10.1. The molecule has 2 atom stereocenters. The Hall–Kier alpha value is -1.14. The van der Waals surface area contributed by atoms with E-state index in [2.05, 4.69) is 4.99 Å². The van der Waals surface area contributed by atoms with E-state index in [0.717, 1.165) is 0 Å². The molecule has 0 heterocycles. The summed E-state index contributed by atoms with van der Waals surface area (Å²) in [6.07, 6.45) is 0.726. The summed E-state index contributed by atoms with van der Waals surface area (Å²) < 4.78 is 0. The highest BCUT2D eigenvalue weighted by Crippen LogP contribution is 1.98. The molecule has 0 aliphatic carbocycles. The second-order valence-corrected chi connectivity index (χ2v) is 2.78. The quantitative estimate of drug-likeness (QED) is 0.308. The van der Waals surface area contributed by atoms with Crippen LogP contribution >= 0.6 is 0 Å². The van der Waals surface area contributed by atoms with Crippen LogP contribution in [-0.4, -0.2) is 36.0 Å². The Kier molecular flexibility index (Phi) is 5.01. The first kappa shape index (κ1) is 11.9. The van der Waals surface area contributed by atoms with Gasteiger partial charge in [-0.2, -0.15) is 0 Å². The number of hydrogen-bond acceptors (Lipinski definition) is 4. The molecule has 0 radical (unpaired) electrons. The largest absolute Gasteiger partial charge is 0.480 e. The smallest absolute Gasteiger partial charge is 0.320 e. The van der Waals surface area contributed by atoms with Gasteiger partial charge in [0, 0.05) is 7.05 Å². The maximum atomic E-state index is 10.3. The fourth-order valence-corrected chi connectivity index (χ4v) is 0.796. The summed E-state index contributed by atoms with van der Waals surface area (Å²) in [5.41, 5.74) is 16.3. The Labute approximate surface area is 76.8 Å². The van der Waals surface area contributed by atoms with Crippen molar-refractivity contribution >= 4 is 11.8 Å². The zero-order chi connectivity index (χ0) is 10.4. The monoisotopic (exact) mass is 188 g/mol. The van der Waals surface area contributed by atoms with Crippen molar-refractivity contribution in [3.63, 3.8) is 0 Å². The van der Waals surface area contributed by atoms with E-state index in [1.165, 1.54) is 7.05 Å². The van der Waals surface area contributed by atoms with Crippen LogP contribution in [0.1, 0.15) is 12.8 Å². The van der Waals surface area contributed by atoms with Gasteiger partial charge in [0.15, 0.2) is 0 Å². The molecule has 1 unspecified atom stereocenters. The highest BCUT2D eigenvalue weighted by molar-refractivity contribution is 5.85. The van der Waals surface area contributed by atoms with Crippen molar-refractivity contribution in [3.8, 4) is 0 Å². The second kappa shape index (κ2) is 5.50. The average Bonchev–Trinajstić information content (AvgIpc) is 2.11. The minimum atomic E-state index is -1.03. The molecule has 6 heteroatoms. The SMILES string of the molecule is CN=C(N)C(N)CC[C@H](N)C(=O)O. The molecular weight excluding hydrogens is 172 g/mol. The minimum Gasteiger partial charge on any atom is -0.480 e. The first-order chi connectivity index (χ1) is 5.99. The lowest BCUT2D eigenvalue weighted by Gasteiger charge is -2.11. The van der Waals surface area contributed by atoms with Gasteiger partial charge >= 0.3 is 5.97 Å². The molecule has 0 aliphatic rings. The normalized spacial score (nSPS) is 16.7. The lowest BCUT2D eigenvalue weighted by molar-refractivity contribution is -0.138. The van der Waals surface area contributed by atoms with Crippen LogP contribution in [-0.2, 0) is 4.79 Å². The van der Waals surface area contributed by atoms with Gasteiger partial charge < -0.3 is 22.3 Å². The number of hydrogen-bond donors (Lipinski definition) is 4. The molecule has 0 aromatic rings. The van der Waals surface area contributed by atoms with E-state index in [9.17, 15) is 4.79 Å². The number of amidine groups is 1. The fraction of sp³-hybridized carbons (Fsp3) is 0.714. The third-order valence-corrected chi connectivity index (χ3v) is 1.74. The molecule has 0 amide bonds. The van der Waals surface area contributed by atoms with Crippen LogP contribution in [0.3, 0.4) is 0 Å². The number of carbonyl (C=O) groups is 1. The van der Waals surface area contributed by atoms with E-state index in [1.807, 2.05) is 0 Å². The Morgan fingerprint density at radius 3 is 2.23 bits per heavy atom. The van der Waals surface area contributed by atoms with Crippen LogP contribution < -0.4 is 17.2 Å².